The van der Waals surface area contributed by atoms with Gasteiger partial charge in [0.25, 0.3) is 6.71 Å². The van der Waals surface area contributed by atoms with Crippen molar-refractivity contribution in [3.63, 3.8) is 0 Å². The zero-order valence-electron chi connectivity index (χ0n) is 37.2. The van der Waals surface area contributed by atoms with E-state index in [0.29, 0.717) is 0 Å². The summed E-state index contributed by atoms with van der Waals surface area (Å²) in [5, 5.41) is 4.39. The Kier molecular flexibility index (Phi) is 7.83. The minimum atomic E-state index is -0.198. The summed E-state index contributed by atoms with van der Waals surface area (Å²) in [5.41, 5.74) is 15.4. The van der Waals surface area contributed by atoms with Gasteiger partial charge >= 0.3 is 0 Å². The third-order valence-electron chi connectivity index (χ3n) is 13.6. The van der Waals surface area contributed by atoms with Crippen LogP contribution in [0.4, 0.5) is 34.5 Å². The average Bonchev–Trinajstić information content (AvgIpc) is 4.11. The Balaban J connectivity index is 1.06. The summed E-state index contributed by atoms with van der Waals surface area (Å²) in [6.45, 7) is 13.5. The van der Waals surface area contributed by atoms with E-state index in [0.717, 1.165) is 112 Å². The van der Waals surface area contributed by atoms with Crippen LogP contribution in [-0.4, -0.2) is 6.71 Å². The molecule has 0 spiro atoms. The highest BCUT2D eigenvalue weighted by Gasteiger charge is 2.49. The fourth-order valence-corrected chi connectivity index (χ4v) is 10.2. The van der Waals surface area contributed by atoms with Crippen molar-refractivity contribution in [2.45, 2.75) is 52.4 Å². The highest BCUT2D eigenvalue weighted by atomic mass is 16.4. The first-order chi connectivity index (χ1) is 31.5. The van der Waals surface area contributed by atoms with Crippen LogP contribution in [0.5, 0.6) is 0 Å². The summed E-state index contributed by atoms with van der Waals surface area (Å²) >= 11 is 0. The van der Waals surface area contributed by atoms with Crippen LogP contribution >= 0.6 is 0 Å². The predicted octanol–water partition coefficient (Wildman–Crippen LogP) is 14.7. The van der Waals surface area contributed by atoms with Gasteiger partial charge in [-0.05, 0) is 137 Å². The maximum atomic E-state index is 7.16. The molecule has 0 unspecified atom stereocenters. The van der Waals surface area contributed by atoms with Gasteiger partial charge in [0, 0.05) is 66.3 Å². The summed E-state index contributed by atoms with van der Waals surface area (Å²) in [4.78, 5) is 4.64. The smallest absolute Gasteiger partial charge is 0.262 e. The largest absolute Gasteiger partial charge is 0.456 e. The van der Waals surface area contributed by atoms with E-state index >= 15 is 0 Å². The second kappa shape index (κ2) is 13.4. The first kappa shape index (κ1) is 37.9. The third-order valence-corrected chi connectivity index (χ3v) is 13.6. The fraction of sp³-hybridized carbons (Fsp3) is 0.138. The topological polar surface area (TPSA) is 59.0 Å². The van der Waals surface area contributed by atoms with Crippen LogP contribution in [0.3, 0.4) is 0 Å². The molecular weight excluding hydrogens is 799 g/mol. The average molecular weight is 845 g/mol. The van der Waals surface area contributed by atoms with E-state index in [2.05, 4.69) is 179 Å². The molecule has 6 heterocycles. The van der Waals surface area contributed by atoms with Crippen LogP contribution in [0.25, 0.3) is 66.5 Å². The number of anilines is 6. The van der Waals surface area contributed by atoms with E-state index in [9.17, 15) is 0 Å². The lowest BCUT2D eigenvalue weighted by Gasteiger charge is -2.40. The molecule has 0 saturated heterocycles. The molecule has 4 aromatic heterocycles. The van der Waals surface area contributed by atoms with E-state index < -0.39 is 0 Å². The van der Waals surface area contributed by atoms with Crippen molar-refractivity contribution in [2.24, 2.45) is 0 Å². The molecule has 0 atom stereocenters. The number of rotatable bonds is 4. The van der Waals surface area contributed by atoms with Crippen LogP contribution in [0.1, 0.15) is 52.7 Å². The zero-order chi connectivity index (χ0) is 43.9. The molecule has 0 radical (unpaired) electrons. The number of benzene rings is 7. The Labute approximate surface area is 377 Å². The molecule has 7 aromatic carbocycles. The molecule has 65 heavy (non-hydrogen) atoms. The number of fused-ring (bicyclic) bond motifs is 10. The van der Waals surface area contributed by atoms with E-state index in [1.807, 2.05) is 36.4 Å². The molecule has 2 aliphatic heterocycles. The Morgan fingerprint density at radius 2 is 0.815 bits per heavy atom. The third kappa shape index (κ3) is 5.74. The Bertz CT molecular complexity index is 3400. The summed E-state index contributed by atoms with van der Waals surface area (Å²) in [5.74, 6) is 3.30. The molecule has 314 valence electrons. The van der Waals surface area contributed by atoms with E-state index in [4.69, 9.17) is 17.7 Å². The standard InChI is InChI=1S/C58H45BN2O4/c1-57(2,3)38-22-28-48-42(32-38)52-55(64-48)60(40-24-18-34(19-25-40)50-30-36-12-7-9-16-46(36)62-50)44-14-11-15-45-54(44)59(52)53-43-33-39(58(4,5)6)23-29-49(43)65-56(53)61(45)41-26-20-35(21-27-41)51-31-37-13-8-10-17-47(37)63-51/h7-33H,1-6H3. The van der Waals surface area contributed by atoms with Crippen LogP contribution in [0, 0.1) is 0 Å². The Hall–Kier alpha value is -7.64. The van der Waals surface area contributed by atoms with Gasteiger partial charge in [-0.25, -0.2) is 0 Å². The summed E-state index contributed by atoms with van der Waals surface area (Å²) < 4.78 is 27.0. The summed E-state index contributed by atoms with van der Waals surface area (Å²) in [7, 11) is 0. The Morgan fingerprint density at radius 1 is 0.385 bits per heavy atom. The van der Waals surface area contributed by atoms with Crippen LogP contribution in [0.15, 0.2) is 181 Å². The lowest BCUT2D eigenvalue weighted by molar-refractivity contribution is 0.589. The molecule has 13 rings (SSSR count). The van der Waals surface area contributed by atoms with Crippen LogP contribution in [-0.2, 0) is 10.8 Å². The number of nitrogens with zero attached hydrogens (tertiary/aromatic N) is 2. The summed E-state index contributed by atoms with van der Waals surface area (Å²) in [6.07, 6.45) is 0. The lowest BCUT2D eigenvalue weighted by Crippen LogP contribution is -2.60. The van der Waals surface area contributed by atoms with E-state index in [1.54, 1.807) is 0 Å². The molecule has 0 saturated carbocycles. The van der Waals surface area contributed by atoms with E-state index in [1.165, 1.54) is 16.6 Å². The van der Waals surface area contributed by atoms with Crippen molar-refractivity contribution in [1.29, 1.82) is 0 Å². The molecule has 11 aromatic rings. The maximum Gasteiger partial charge on any atom is 0.262 e. The van der Waals surface area contributed by atoms with Gasteiger partial charge in [-0.3, -0.25) is 9.80 Å². The molecule has 7 heteroatoms. The molecule has 0 bridgehead atoms. The monoisotopic (exact) mass is 844 g/mol. The predicted molar refractivity (Wildman–Crippen MR) is 268 cm³/mol. The molecule has 0 N–H and O–H groups in total. The van der Waals surface area contributed by atoms with Gasteiger partial charge in [-0.15, -0.1) is 0 Å². The van der Waals surface area contributed by atoms with Crippen LogP contribution < -0.4 is 26.2 Å². The number of para-hydroxylation sites is 2. The molecule has 0 fully saturated rings. The van der Waals surface area contributed by atoms with Gasteiger partial charge in [0.15, 0.2) is 0 Å². The van der Waals surface area contributed by atoms with Gasteiger partial charge < -0.3 is 17.7 Å². The molecule has 6 nitrogen and oxygen atoms in total. The fourth-order valence-electron chi connectivity index (χ4n) is 10.2. The zero-order valence-corrected chi connectivity index (χ0v) is 37.2. The number of hydrogen-bond acceptors (Lipinski definition) is 6. The lowest BCUT2D eigenvalue weighted by atomic mass is 9.33. The molecule has 0 aliphatic carbocycles. The maximum absolute atomic E-state index is 7.16. The molecular formula is C58H45BN2O4. The highest BCUT2D eigenvalue weighted by molar-refractivity contribution is 7.02. The van der Waals surface area contributed by atoms with Crippen molar-refractivity contribution < 1.29 is 17.7 Å². The van der Waals surface area contributed by atoms with Crippen molar-refractivity contribution in [1.82, 2.24) is 0 Å². The van der Waals surface area contributed by atoms with Gasteiger partial charge in [0.2, 0.25) is 11.8 Å². The second-order valence-electron chi connectivity index (χ2n) is 19.8. The van der Waals surface area contributed by atoms with Crippen molar-refractivity contribution in [2.75, 3.05) is 9.80 Å². The first-order valence-corrected chi connectivity index (χ1v) is 22.5. The second-order valence-corrected chi connectivity index (χ2v) is 19.8. The summed E-state index contributed by atoms with van der Waals surface area (Å²) in [6, 6.07) is 58.0. The van der Waals surface area contributed by atoms with E-state index in [-0.39, 0.29) is 17.5 Å². The normalized spacial score (nSPS) is 13.6. The van der Waals surface area contributed by atoms with Gasteiger partial charge in [0.05, 0.1) is 0 Å². The van der Waals surface area contributed by atoms with Crippen molar-refractivity contribution >= 4 is 101 Å². The van der Waals surface area contributed by atoms with Gasteiger partial charge in [-0.2, -0.15) is 0 Å². The Morgan fingerprint density at radius 3 is 1.23 bits per heavy atom. The first-order valence-electron chi connectivity index (χ1n) is 22.5. The molecule has 0 amide bonds. The van der Waals surface area contributed by atoms with Crippen LogP contribution in [0.2, 0.25) is 0 Å². The highest BCUT2D eigenvalue weighted by Crippen LogP contribution is 2.48. The number of furan rings is 4. The SMILES string of the molecule is CC(C)(C)c1ccc2oc3c(c2c1)B1c2c(cccc2N(c2ccc(-c4cc5ccccc5o4)cc2)c2oc4ccc(C(C)(C)C)cc4c21)N3c1ccc(-c2cc3ccccc3o2)cc1. The quantitative estimate of drug-likeness (QED) is 0.165. The number of hydrogen-bond donors (Lipinski definition) is 0. The minimum absolute atomic E-state index is 0.0742. The van der Waals surface area contributed by atoms with Crippen molar-refractivity contribution in [3.8, 4) is 22.6 Å². The minimum Gasteiger partial charge on any atom is -0.456 e. The van der Waals surface area contributed by atoms with Gasteiger partial charge in [-0.1, -0.05) is 96.1 Å². The molecule has 2 aliphatic rings. The van der Waals surface area contributed by atoms with Gasteiger partial charge in [0.1, 0.15) is 33.9 Å². The van der Waals surface area contributed by atoms with Crippen molar-refractivity contribution in [3.05, 3.63) is 175 Å².